The molecule has 0 heterocycles. The molecule has 5 heteroatoms. The van der Waals surface area contributed by atoms with Crippen molar-refractivity contribution in [1.29, 1.82) is 5.26 Å². The Morgan fingerprint density at radius 2 is 1.40 bits per heavy atom. The van der Waals surface area contributed by atoms with Crippen LogP contribution in [0.25, 0.3) is 0 Å². The molecular formula is C20H21N3O2. The standard InChI is InChI=1S/C20H21N3O2/c1-15-10-12-17(13-11-15)18(24)22(14-21)23(20(2,3)4)19(25)16-8-6-5-7-9-16/h5-13H,1-4H3. The molecule has 0 atom stereocenters. The molecule has 2 aromatic carbocycles. The van der Waals surface area contributed by atoms with E-state index in [0.29, 0.717) is 11.1 Å². The molecule has 0 N–H and O–H groups in total. The van der Waals surface area contributed by atoms with E-state index in [1.807, 2.05) is 13.1 Å². The third-order valence-corrected chi connectivity index (χ3v) is 3.63. The molecule has 0 unspecified atom stereocenters. The number of nitriles is 1. The number of benzene rings is 2. The predicted octanol–water partition coefficient (Wildman–Crippen LogP) is 3.77. The highest BCUT2D eigenvalue weighted by molar-refractivity contribution is 6.00. The maximum Gasteiger partial charge on any atom is 0.286 e. The molecule has 0 spiro atoms. The third-order valence-electron chi connectivity index (χ3n) is 3.63. The number of hydrazine groups is 1. The second-order valence-corrected chi connectivity index (χ2v) is 6.74. The van der Waals surface area contributed by atoms with Crippen LogP contribution in [0.1, 0.15) is 47.1 Å². The number of nitrogens with zero attached hydrogens (tertiary/aromatic N) is 3. The first kappa shape index (κ1) is 18.2. The van der Waals surface area contributed by atoms with E-state index in [-0.39, 0.29) is 0 Å². The summed E-state index contributed by atoms with van der Waals surface area (Å²) in [6.07, 6.45) is 1.86. The lowest BCUT2D eigenvalue weighted by molar-refractivity contribution is -0.0167. The van der Waals surface area contributed by atoms with Gasteiger partial charge in [0, 0.05) is 11.1 Å². The van der Waals surface area contributed by atoms with Crippen molar-refractivity contribution in [2.45, 2.75) is 33.2 Å². The zero-order valence-electron chi connectivity index (χ0n) is 14.9. The number of hydrogen-bond donors (Lipinski definition) is 0. The van der Waals surface area contributed by atoms with Gasteiger partial charge in [-0.15, -0.1) is 5.01 Å². The summed E-state index contributed by atoms with van der Waals surface area (Å²) in [4.78, 5) is 25.8. The van der Waals surface area contributed by atoms with Crippen molar-refractivity contribution in [3.05, 3.63) is 71.3 Å². The average molecular weight is 335 g/mol. The highest BCUT2D eigenvalue weighted by atomic mass is 16.2. The van der Waals surface area contributed by atoms with E-state index < -0.39 is 17.4 Å². The van der Waals surface area contributed by atoms with Crippen molar-refractivity contribution in [2.24, 2.45) is 0 Å². The van der Waals surface area contributed by atoms with Crippen molar-refractivity contribution < 1.29 is 9.59 Å². The van der Waals surface area contributed by atoms with Gasteiger partial charge in [0.05, 0.1) is 5.54 Å². The molecular weight excluding hydrogens is 314 g/mol. The highest BCUT2D eigenvalue weighted by Gasteiger charge is 2.36. The number of amides is 2. The molecule has 2 rings (SSSR count). The summed E-state index contributed by atoms with van der Waals surface area (Å²) >= 11 is 0. The number of carbonyl (C=O) groups is 2. The summed E-state index contributed by atoms with van der Waals surface area (Å²) in [7, 11) is 0. The maximum absolute atomic E-state index is 13.0. The van der Waals surface area contributed by atoms with Gasteiger partial charge in [-0.05, 0) is 52.0 Å². The molecule has 0 bridgehead atoms. The SMILES string of the molecule is Cc1ccc(C(=O)N(C#N)N(C(=O)c2ccccc2)C(C)(C)C)cc1. The average Bonchev–Trinajstić information content (AvgIpc) is 2.58. The Labute approximate surface area is 148 Å². The van der Waals surface area contributed by atoms with Crippen molar-refractivity contribution in [3.8, 4) is 6.19 Å². The largest absolute Gasteiger partial charge is 0.286 e. The van der Waals surface area contributed by atoms with Gasteiger partial charge in [0.1, 0.15) is 0 Å². The lowest BCUT2D eigenvalue weighted by Crippen LogP contribution is -2.56. The van der Waals surface area contributed by atoms with E-state index in [1.165, 1.54) is 5.01 Å². The van der Waals surface area contributed by atoms with Gasteiger partial charge in [-0.1, -0.05) is 35.9 Å². The van der Waals surface area contributed by atoms with Crippen LogP contribution >= 0.6 is 0 Å². The minimum absolute atomic E-state index is 0.349. The van der Waals surface area contributed by atoms with Crippen molar-refractivity contribution in [3.63, 3.8) is 0 Å². The highest BCUT2D eigenvalue weighted by Crippen LogP contribution is 2.22. The lowest BCUT2D eigenvalue weighted by Gasteiger charge is -2.39. The summed E-state index contributed by atoms with van der Waals surface area (Å²) in [6, 6.07) is 15.5. The third kappa shape index (κ3) is 4.04. The van der Waals surface area contributed by atoms with E-state index in [9.17, 15) is 14.9 Å². The van der Waals surface area contributed by atoms with Crippen LogP contribution in [0.2, 0.25) is 0 Å². The van der Waals surface area contributed by atoms with Crippen LogP contribution < -0.4 is 0 Å². The fraction of sp³-hybridized carbons (Fsp3) is 0.250. The first-order valence-corrected chi connectivity index (χ1v) is 7.96. The van der Waals surface area contributed by atoms with Gasteiger partial charge in [0.2, 0.25) is 6.19 Å². The van der Waals surface area contributed by atoms with Crippen molar-refractivity contribution in [2.75, 3.05) is 0 Å². The fourth-order valence-corrected chi connectivity index (χ4v) is 2.40. The second kappa shape index (κ2) is 7.18. The lowest BCUT2D eigenvalue weighted by atomic mass is 10.1. The van der Waals surface area contributed by atoms with Gasteiger partial charge in [-0.25, -0.2) is 5.01 Å². The summed E-state index contributed by atoms with van der Waals surface area (Å²) in [6.45, 7) is 7.25. The monoisotopic (exact) mass is 335 g/mol. The van der Waals surface area contributed by atoms with Gasteiger partial charge in [-0.3, -0.25) is 9.59 Å². The Morgan fingerprint density at radius 1 is 0.880 bits per heavy atom. The number of carbonyl (C=O) groups excluding carboxylic acids is 2. The fourth-order valence-electron chi connectivity index (χ4n) is 2.40. The summed E-state index contributed by atoms with van der Waals surface area (Å²) in [5.41, 5.74) is 1.01. The minimum Gasteiger partial charge on any atom is -0.267 e. The van der Waals surface area contributed by atoms with E-state index >= 15 is 0 Å². The van der Waals surface area contributed by atoms with Crippen molar-refractivity contribution in [1.82, 2.24) is 10.0 Å². The normalized spacial score (nSPS) is 10.7. The Bertz CT molecular complexity index is 800. The topological polar surface area (TPSA) is 64.4 Å². The smallest absolute Gasteiger partial charge is 0.267 e. The van der Waals surface area contributed by atoms with Gasteiger partial charge in [0.25, 0.3) is 11.8 Å². The molecule has 5 nitrogen and oxygen atoms in total. The first-order valence-electron chi connectivity index (χ1n) is 7.96. The molecule has 0 saturated carbocycles. The Morgan fingerprint density at radius 3 is 1.88 bits per heavy atom. The quantitative estimate of drug-likeness (QED) is 0.477. The molecule has 0 aliphatic rings. The summed E-state index contributed by atoms with van der Waals surface area (Å²) < 4.78 is 0. The molecule has 0 saturated heterocycles. The van der Waals surface area contributed by atoms with Crippen LogP contribution in [0.15, 0.2) is 54.6 Å². The van der Waals surface area contributed by atoms with Crippen molar-refractivity contribution >= 4 is 11.8 Å². The van der Waals surface area contributed by atoms with Crippen LogP contribution in [0.4, 0.5) is 0 Å². The number of hydrogen-bond acceptors (Lipinski definition) is 3. The molecule has 2 aromatic rings. The maximum atomic E-state index is 13.0. The number of rotatable bonds is 2. The Balaban J connectivity index is 2.45. The van der Waals surface area contributed by atoms with Gasteiger partial charge in [-0.2, -0.15) is 5.26 Å². The Hall–Kier alpha value is -3.13. The van der Waals surface area contributed by atoms with Crippen LogP contribution in [0.3, 0.4) is 0 Å². The predicted molar refractivity (Wildman–Crippen MR) is 95.3 cm³/mol. The molecule has 128 valence electrons. The molecule has 0 aromatic heterocycles. The zero-order valence-corrected chi connectivity index (χ0v) is 14.9. The zero-order chi connectivity index (χ0) is 18.6. The van der Waals surface area contributed by atoms with E-state index in [2.05, 4.69) is 0 Å². The molecule has 0 fully saturated rings. The summed E-state index contributed by atoms with van der Waals surface area (Å²) in [5, 5.41) is 11.6. The van der Waals surface area contributed by atoms with E-state index in [1.54, 1.807) is 75.4 Å². The van der Waals surface area contributed by atoms with Crippen LogP contribution in [0.5, 0.6) is 0 Å². The first-order chi connectivity index (χ1) is 11.8. The number of aryl methyl sites for hydroxylation is 1. The van der Waals surface area contributed by atoms with Crippen LogP contribution in [-0.4, -0.2) is 27.4 Å². The Kier molecular flexibility index (Phi) is 5.23. The van der Waals surface area contributed by atoms with Crippen LogP contribution in [-0.2, 0) is 0 Å². The summed E-state index contributed by atoms with van der Waals surface area (Å²) in [5.74, 6) is -0.947. The van der Waals surface area contributed by atoms with Crippen LogP contribution in [0, 0.1) is 18.4 Å². The molecule has 0 radical (unpaired) electrons. The van der Waals surface area contributed by atoms with E-state index in [0.717, 1.165) is 10.6 Å². The molecule has 0 aliphatic carbocycles. The van der Waals surface area contributed by atoms with Gasteiger partial charge < -0.3 is 0 Å². The molecule has 0 aliphatic heterocycles. The van der Waals surface area contributed by atoms with Gasteiger partial charge in [0.15, 0.2) is 0 Å². The molecule has 2 amide bonds. The van der Waals surface area contributed by atoms with E-state index in [4.69, 9.17) is 0 Å². The minimum atomic E-state index is -0.761. The molecule has 25 heavy (non-hydrogen) atoms. The second-order valence-electron chi connectivity index (χ2n) is 6.74. The van der Waals surface area contributed by atoms with Gasteiger partial charge >= 0.3 is 0 Å².